The molecule has 0 bridgehead atoms. The van der Waals surface area contributed by atoms with E-state index in [1.807, 2.05) is 0 Å². The van der Waals surface area contributed by atoms with Crippen molar-refractivity contribution in [2.45, 2.75) is 0 Å². The first-order valence-electron chi connectivity index (χ1n) is 0.752. The van der Waals surface area contributed by atoms with Gasteiger partial charge in [-0.1, -0.05) is 0 Å². The Morgan fingerprint density at radius 3 is 1.57 bits per heavy atom. The Kier molecular flexibility index (Phi) is 17.3. The Morgan fingerprint density at radius 1 is 1.57 bits per heavy atom. The summed E-state index contributed by atoms with van der Waals surface area (Å²) in [5.41, 5.74) is 0. The maximum Gasteiger partial charge on any atom is 2.00 e. The third-order valence-electron chi connectivity index (χ3n) is 0. The molecule has 0 aromatic rings. The molecule has 0 radical (unpaired) electrons. The van der Waals surface area contributed by atoms with Gasteiger partial charge in [0.25, 0.3) is 0 Å². The van der Waals surface area contributed by atoms with Gasteiger partial charge in [-0.15, -0.1) is 0 Å². The van der Waals surface area contributed by atoms with Gasteiger partial charge in [0.05, 0.1) is 0 Å². The summed E-state index contributed by atoms with van der Waals surface area (Å²) in [4.78, 5) is 14.8. The average Bonchev–Trinajstić information content (AvgIpc) is 0.722. The summed E-state index contributed by atoms with van der Waals surface area (Å²) in [5.74, 6) is 0. The van der Waals surface area contributed by atoms with E-state index in [9.17, 15) is 0 Å². The summed E-state index contributed by atoms with van der Waals surface area (Å²) in [6.07, 6.45) is 0. The van der Waals surface area contributed by atoms with E-state index in [2.05, 4.69) is 11.2 Å². The Hall–Kier alpha value is 3.18. The molecular formula is H6CaClO3PSr. The zero-order chi connectivity index (χ0) is 4.50. The summed E-state index contributed by atoms with van der Waals surface area (Å²) in [6, 6.07) is 0. The maximum atomic E-state index is 9.09. The van der Waals surface area contributed by atoms with Crippen molar-refractivity contribution in [2.75, 3.05) is 0 Å². The predicted octanol–water partition coefficient (Wildman–Crippen LogP) is 0.00630. The fourth-order valence-electron chi connectivity index (χ4n) is 0. The van der Waals surface area contributed by atoms with Crippen molar-refractivity contribution in [2.24, 2.45) is 0 Å². The summed E-state index contributed by atoms with van der Waals surface area (Å²) in [7, 11) is 0. The first-order chi connectivity index (χ1) is 2.00. The molecular weight excluding hydrogens is 242 g/mol. The van der Waals surface area contributed by atoms with Crippen molar-refractivity contribution < 1.29 is 20.1 Å². The fourth-order valence-corrected chi connectivity index (χ4v) is 0. The van der Waals surface area contributed by atoms with Crippen LogP contribution in [0.5, 0.6) is 0 Å². The smallest absolute Gasteiger partial charge is 1.00 e. The zero-order valence-electron chi connectivity index (χ0n) is 7.54. The van der Waals surface area contributed by atoms with Crippen molar-refractivity contribution in [1.29, 1.82) is 0 Å². The van der Waals surface area contributed by atoms with E-state index in [-0.39, 0.29) is 88.9 Å². The van der Waals surface area contributed by atoms with Crippen LogP contribution in [-0.2, 0) is 4.57 Å². The van der Waals surface area contributed by atoms with Gasteiger partial charge in [-0.05, 0) is 0 Å². The van der Waals surface area contributed by atoms with Crippen LogP contribution >= 0.6 is 18.2 Å². The fraction of sp³-hybridized carbons (Fsp3) is 0. The van der Waals surface area contributed by atoms with E-state index >= 15 is 0 Å². The largest absolute Gasteiger partial charge is 2.00 e. The third kappa shape index (κ3) is 46.8. The SMILES string of the molecule is O=P(O)(O)Cl.[Ca+2].[H-].[H-].[H-].[H-].[Sr+2]. The van der Waals surface area contributed by atoms with E-state index in [0.29, 0.717) is 0 Å². The van der Waals surface area contributed by atoms with E-state index in [1.54, 1.807) is 0 Å². The van der Waals surface area contributed by atoms with Crippen LogP contribution in [0.1, 0.15) is 5.71 Å². The monoisotopic (exact) mass is 248 g/mol. The molecule has 0 rings (SSSR count). The molecule has 0 spiro atoms. The van der Waals surface area contributed by atoms with Crippen molar-refractivity contribution in [3.63, 3.8) is 0 Å². The first-order valence-corrected chi connectivity index (χ1v) is 3.27. The predicted molar refractivity (Wildman–Crippen MR) is 33.9 cm³/mol. The molecule has 0 saturated heterocycles. The van der Waals surface area contributed by atoms with Crippen LogP contribution in [0.15, 0.2) is 0 Å². The van der Waals surface area contributed by atoms with Crippen molar-refractivity contribution in [1.82, 2.24) is 0 Å². The Bertz CT molecular complexity index is 71.5. The molecule has 0 amide bonds. The number of halogens is 1. The van der Waals surface area contributed by atoms with Crippen LogP contribution in [0.3, 0.4) is 0 Å². The molecule has 0 unspecified atom stereocenters. The number of hydrogen-bond acceptors (Lipinski definition) is 1. The zero-order valence-corrected chi connectivity index (χ0v) is 10.9. The van der Waals surface area contributed by atoms with E-state index < -0.39 is 6.95 Å². The second-order valence-electron chi connectivity index (χ2n) is 0.473. The van der Waals surface area contributed by atoms with Crippen LogP contribution in [0.25, 0.3) is 0 Å². The van der Waals surface area contributed by atoms with Crippen LogP contribution in [0, 0.1) is 0 Å². The molecule has 7 heavy (non-hydrogen) atoms. The summed E-state index contributed by atoms with van der Waals surface area (Å²) in [6.45, 7) is -4.17. The Balaban J connectivity index is -0.00000000533. The third-order valence-corrected chi connectivity index (χ3v) is 0. The quantitative estimate of drug-likeness (QED) is 0.469. The maximum absolute atomic E-state index is 9.09. The topological polar surface area (TPSA) is 57.5 Å². The second-order valence-corrected chi connectivity index (χ2v) is 2.74. The Labute approximate surface area is 119 Å². The second kappa shape index (κ2) is 7.29. The van der Waals surface area contributed by atoms with Gasteiger partial charge >= 0.3 is 90.2 Å². The van der Waals surface area contributed by atoms with Gasteiger partial charge in [0.15, 0.2) is 0 Å². The normalized spacial score (nSPS) is 8.43. The van der Waals surface area contributed by atoms with Gasteiger partial charge in [0, 0.05) is 11.2 Å². The molecule has 0 fully saturated rings. The van der Waals surface area contributed by atoms with Crippen LogP contribution < -0.4 is 0 Å². The summed E-state index contributed by atoms with van der Waals surface area (Å²) in [5, 5.41) is 0. The van der Waals surface area contributed by atoms with E-state index in [4.69, 9.17) is 14.4 Å². The molecule has 2 N–H and O–H groups in total. The first kappa shape index (κ1) is 16.6. The standard InChI is InChI=1S/Ca.ClH2O3P.Sr.4H/c;1-5(2,3)4;;;;;/h;(H2,2,3,4);;;;;/q+2;;+2;4*-1. The minimum Gasteiger partial charge on any atom is -1.00 e. The molecule has 0 atom stereocenters. The minimum absolute atomic E-state index is 0. The van der Waals surface area contributed by atoms with Gasteiger partial charge in [-0.3, -0.25) is 0 Å². The minimum atomic E-state index is -4.17. The molecule has 0 aromatic heterocycles. The molecule has 0 aromatic carbocycles. The molecule has 0 aliphatic heterocycles. The molecule has 0 aliphatic rings. The van der Waals surface area contributed by atoms with Gasteiger partial charge in [0.1, 0.15) is 0 Å². The van der Waals surface area contributed by atoms with Crippen molar-refractivity contribution >= 4 is 101 Å². The van der Waals surface area contributed by atoms with Crippen LogP contribution in [-0.4, -0.2) is 93.0 Å². The van der Waals surface area contributed by atoms with Crippen molar-refractivity contribution in [3.05, 3.63) is 0 Å². The summed E-state index contributed by atoms with van der Waals surface area (Å²) < 4.78 is 9.09. The average molecular weight is 248 g/mol. The summed E-state index contributed by atoms with van der Waals surface area (Å²) >= 11 is 4.20. The van der Waals surface area contributed by atoms with Crippen LogP contribution in [0.2, 0.25) is 0 Å². The van der Waals surface area contributed by atoms with Gasteiger partial charge < -0.3 is 15.5 Å². The molecule has 3 nitrogen and oxygen atoms in total. The van der Waals surface area contributed by atoms with Crippen molar-refractivity contribution in [3.8, 4) is 0 Å². The molecule has 7 heteroatoms. The molecule has 0 saturated carbocycles. The number of rotatable bonds is 0. The van der Waals surface area contributed by atoms with E-state index in [0.717, 1.165) is 0 Å². The molecule has 40 valence electrons. The number of hydrogen-bond donors (Lipinski definition) is 2. The Morgan fingerprint density at radius 2 is 1.57 bits per heavy atom. The molecule has 0 aliphatic carbocycles. The van der Waals surface area contributed by atoms with Gasteiger partial charge in [0.2, 0.25) is 0 Å². The molecule has 0 heterocycles. The van der Waals surface area contributed by atoms with Crippen LogP contribution in [0.4, 0.5) is 0 Å². The van der Waals surface area contributed by atoms with Gasteiger partial charge in [-0.25, -0.2) is 4.57 Å². The van der Waals surface area contributed by atoms with Gasteiger partial charge in [-0.2, -0.15) is 0 Å². The van der Waals surface area contributed by atoms with E-state index in [1.165, 1.54) is 0 Å².